The van der Waals surface area contributed by atoms with Gasteiger partial charge in [-0.1, -0.05) is 6.92 Å². The van der Waals surface area contributed by atoms with Crippen molar-refractivity contribution in [1.29, 1.82) is 0 Å². The van der Waals surface area contributed by atoms with Crippen molar-refractivity contribution in [2.45, 2.75) is 38.3 Å². The van der Waals surface area contributed by atoms with Crippen LogP contribution in [0.2, 0.25) is 0 Å². The van der Waals surface area contributed by atoms with E-state index < -0.39 is 0 Å². The van der Waals surface area contributed by atoms with Crippen LogP contribution in [0, 0.1) is 5.41 Å². The predicted octanol–water partition coefficient (Wildman–Crippen LogP) is 0.147. The maximum Gasteiger partial charge on any atom is 0.0216 e. The Morgan fingerprint density at radius 2 is 2.08 bits per heavy atom. The van der Waals surface area contributed by atoms with Crippen molar-refractivity contribution in [2.75, 3.05) is 19.6 Å². The summed E-state index contributed by atoms with van der Waals surface area (Å²) < 4.78 is 0. The number of likely N-dealkylation sites (tertiary alicyclic amines) is 1. The van der Waals surface area contributed by atoms with Crippen LogP contribution >= 0.6 is 0 Å². The minimum Gasteiger partial charge on any atom is -0.329 e. The van der Waals surface area contributed by atoms with Crippen LogP contribution in [0.3, 0.4) is 0 Å². The molecule has 1 aliphatic heterocycles. The Balaban J connectivity index is 1.77. The lowest BCUT2D eigenvalue weighted by atomic mass is 9.60. The summed E-state index contributed by atoms with van der Waals surface area (Å²) in [7, 11) is 0. The molecule has 76 valence electrons. The Morgan fingerprint density at radius 3 is 2.46 bits per heavy atom. The summed E-state index contributed by atoms with van der Waals surface area (Å²) in [4.78, 5) is 2.52. The molecule has 3 heteroatoms. The first-order valence-electron chi connectivity index (χ1n) is 5.39. The first kappa shape index (κ1) is 9.44. The van der Waals surface area contributed by atoms with E-state index in [-0.39, 0.29) is 0 Å². The molecule has 1 aliphatic carbocycles. The van der Waals surface area contributed by atoms with Gasteiger partial charge in [-0.05, 0) is 24.7 Å². The van der Waals surface area contributed by atoms with Crippen LogP contribution < -0.4 is 11.5 Å². The molecule has 4 N–H and O–H groups in total. The third kappa shape index (κ3) is 1.49. The lowest BCUT2D eigenvalue weighted by Crippen LogP contribution is -2.68. The lowest BCUT2D eigenvalue weighted by molar-refractivity contribution is -0.0911. The van der Waals surface area contributed by atoms with Crippen molar-refractivity contribution >= 4 is 0 Å². The van der Waals surface area contributed by atoms with Gasteiger partial charge in [0.25, 0.3) is 0 Å². The van der Waals surface area contributed by atoms with Crippen LogP contribution in [0.1, 0.15) is 26.2 Å². The number of hydrogen-bond acceptors (Lipinski definition) is 3. The SMILES string of the molecule is CCC(CN)N1CC2(CC(N)C2)C1. The van der Waals surface area contributed by atoms with Gasteiger partial charge in [0.2, 0.25) is 0 Å². The second-order valence-corrected chi connectivity index (χ2v) is 4.87. The maximum atomic E-state index is 5.81. The first-order chi connectivity index (χ1) is 6.19. The molecule has 2 rings (SSSR count). The van der Waals surface area contributed by atoms with Gasteiger partial charge in [0.15, 0.2) is 0 Å². The second kappa shape index (κ2) is 3.23. The van der Waals surface area contributed by atoms with E-state index in [9.17, 15) is 0 Å². The molecule has 1 atom stereocenters. The third-order valence-electron chi connectivity index (χ3n) is 3.73. The van der Waals surface area contributed by atoms with E-state index in [0.29, 0.717) is 17.5 Å². The lowest BCUT2D eigenvalue weighted by Gasteiger charge is -2.60. The van der Waals surface area contributed by atoms with Crippen LogP contribution in [-0.2, 0) is 0 Å². The summed E-state index contributed by atoms with van der Waals surface area (Å²) in [6, 6.07) is 1.10. The van der Waals surface area contributed by atoms with E-state index in [4.69, 9.17) is 11.5 Å². The Kier molecular flexibility index (Phi) is 2.34. The highest BCUT2D eigenvalue weighted by Gasteiger charge is 2.51. The molecule has 3 nitrogen and oxygen atoms in total. The highest BCUT2D eigenvalue weighted by atomic mass is 15.2. The summed E-state index contributed by atoms with van der Waals surface area (Å²) in [5.74, 6) is 0. The van der Waals surface area contributed by atoms with E-state index >= 15 is 0 Å². The first-order valence-corrected chi connectivity index (χ1v) is 5.39. The molecule has 13 heavy (non-hydrogen) atoms. The van der Waals surface area contributed by atoms with Gasteiger partial charge in [-0.25, -0.2) is 0 Å². The quantitative estimate of drug-likeness (QED) is 0.655. The minimum absolute atomic E-state index is 0.486. The van der Waals surface area contributed by atoms with E-state index in [0.717, 1.165) is 6.54 Å². The topological polar surface area (TPSA) is 55.3 Å². The van der Waals surface area contributed by atoms with E-state index in [2.05, 4.69) is 11.8 Å². The molecule has 1 unspecified atom stereocenters. The van der Waals surface area contributed by atoms with E-state index in [1.165, 1.54) is 32.4 Å². The Bertz CT molecular complexity index is 175. The minimum atomic E-state index is 0.486. The van der Waals surface area contributed by atoms with Crippen molar-refractivity contribution in [3.05, 3.63) is 0 Å². The number of rotatable bonds is 3. The third-order valence-corrected chi connectivity index (χ3v) is 3.73. The molecule has 1 saturated heterocycles. The average Bonchev–Trinajstić information content (AvgIpc) is 1.99. The standard InChI is InChI=1S/C10H21N3/c1-2-9(5-11)13-6-10(7-13)3-8(12)4-10/h8-9H,2-7,11-12H2,1H3. The summed E-state index contributed by atoms with van der Waals surface area (Å²) in [5, 5.41) is 0. The molecule has 0 bridgehead atoms. The monoisotopic (exact) mass is 183 g/mol. The molecular weight excluding hydrogens is 162 g/mol. The number of hydrogen-bond donors (Lipinski definition) is 2. The highest BCUT2D eigenvalue weighted by Crippen LogP contribution is 2.48. The van der Waals surface area contributed by atoms with Gasteiger partial charge in [-0.3, -0.25) is 4.90 Å². The van der Waals surface area contributed by atoms with Crippen LogP contribution in [0.25, 0.3) is 0 Å². The molecular formula is C10H21N3. The van der Waals surface area contributed by atoms with Crippen LogP contribution in [0.15, 0.2) is 0 Å². The van der Waals surface area contributed by atoms with E-state index in [1.54, 1.807) is 0 Å². The fourth-order valence-electron chi connectivity index (χ4n) is 2.96. The van der Waals surface area contributed by atoms with Gasteiger partial charge in [0.1, 0.15) is 0 Å². The Hall–Kier alpha value is -0.120. The molecule has 2 aliphatic rings. The molecule has 0 aromatic carbocycles. The van der Waals surface area contributed by atoms with Crippen LogP contribution in [0.5, 0.6) is 0 Å². The molecule has 1 saturated carbocycles. The largest absolute Gasteiger partial charge is 0.329 e. The van der Waals surface area contributed by atoms with Crippen molar-refractivity contribution in [2.24, 2.45) is 16.9 Å². The van der Waals surface area contributed by atoms with Gasteiger partial charge < -0.3 is 11.5 Å². The van der Waals surface area contributed by atoms with Gasteiger partial charge in [-0.2, -0.15) is 0 Å². The zero-order valence-corrected chi connectivity index (χ0v) is 8.50. The summed E-state index contributed by atoms with van der Waals surface area (Å²) in [5.41, 5.74) is 12.1. The van der Waals surface area contributed by atoms with Gasteiger partial charge in [-0.15, -0.1) is 0 Å². The fraction of sp³-hybridized carbons (Fsp3) is 1.00. The second-order valence-electron chi connectivity index (χ2n) is 4.87. The van der Waals surface area contributed by atoms with Crippen LogP contribution in [0.4, 0.5) is 0 Å². The molecule has 1 spiro atoms. The van der Waals surface area contributed by atoms with Crippen molar-refractivity contribution < 1.29 is 0 Å². The van der Waals surface area contributed by atoms with Gasteiger partial charge >= 0.3 is 0 Å². The molecule has 0 aromatic rings. The summed E-state index contributed by atoms with van der Waals surface area (Å²) in [6.45, 7) is 5.51. The highest BCUT2D eigenvalue weighted by molar-refractivity contribution is 5.07. The Labute approximate surface area is 80.5 Å². The van der Waals surface area contributed by atoms with E-state index in [1.807, 2.05) is 0 Å². The predicted molar refractivity (Wildman–Crippen MR) is 54.3 cm³/mol. The number of nitrogens with two attached hydrogens (primary N) is 2. The summed E-state index contributed by atoms with van der Waals surface area (Å²) >= 11 is 0. The Morgan fingerprint density at radius 1 is 1.46 bits per heavy atom. The van der Waals surface area contributed by atoms with Crippen molar-refractivity contribution in [3.8, 4) is 0 Å². The summed E-state index contributed by atoms with van der Waals surface area (Å²) in [6.07, 6.45) is 3.66. The molecule has 0 radical (unpaired) electrons. The van der Waals surface area contributed by atoms with Crippen molar-refractivity contribution in [3.63, 3.8) is 0 Å². The van der Waals surface area contributed by atoms with Crippen molar-refractivity contribution in [1.82, 2.24) is 4.90 Å². The average molecular weight is 183 g/mol. The zero-order chi connectivity index (χ0) is 9.47. The van der Waals surface area contributed by atoms with Crippen LogP contribution in [-0.4, -0.2) is 36.6 Å². The molecule has 0 amide bonds. The smallest absolute Gasteiger partial charge is 0.0216 e. The van der Waals surface area contributed by atoms with Gasteiger partial charge in [0, 0.05) is 31.7 Å². The normalized spacial score (nSPS) is 29.8. The fourth-order valence-corrected chi connectivity index (χ4v) is 2.96. The molecule has 1 heterocycles. The zero-order valence-electron chi connectivity index (χ0n) is 8.50. The maximum absolute atomic E-state index is 5.81. The molecule has 0 aromatic heterocycles. The molecule has 2 fully saturated rings. The van der Waals surface area contributed by atoms with Gasteiger partial charge in [0.05, 0.1) is 0 Å². The number of nitrogens with zero attached hydrogens (tertiary/aromatic N) is 1.